The molecule has 0 saturated heterocycles. The number of allylic oxidation sites excluding steroid dienone is 14. The van der Waals surface area contributed by atoms with Gasteiger partial charge in [-0.1, -0.05) is 254 Å². The average molecular weight is 962 g/mol. The lowest BCUT2D eigenvalue weighted by molar-refractivity contribution is -0.167. The standard InChI is InChI=1S/C63H108O6/c1-4-7-10-13-16-19-22-25-28-30-31-33-35-38-41-44-47-50-53-56-62(65)68-59-60(58-67-61(64)55-52-49-46-43-40-37-34-27-24-21-18-15-12-9-6-3)69-63(66)57-54-51-48-45-42-39-36-32-29-26-23-20-17-14-11-8-5-2/h8,11,16-17,19-20,25-26,28-29,36,39,45,48,60H,4-7,9-10,12-15,18,21-24,27,30-35,37-38,40-44,46-47,49-59H2,1-3H3/b11-8-,19-16-,20-17-,28-25-,29-26-,39-36-,48-45-/t60-/m1/s1. The lowest BCUT2D eigenvalue weighted by Crippen LogP contribution is -2.30. The summed E-state index contributed by atoms with van der Waals surface area (Å²) in [6.07, 6.45) is 74.3. The predicted molar refractivity (Wildman–Crippen MR) is 297 cm³/mol. The minimum atomic E-state index is -0.807. The molecule has 0 fully saturated rings. The number of esters is 3. The number of hydrogen-bond acceptors (Lipinski definition) is 6. The Bertz CT molecular complexity index is 1330. The van der Waals surface area contributed by atoms with Gasteiger partial charge in [0.25, 0.3) is 0 Å². The summed E-state index contributed by atoms with van der Waals surface area (Å²) < 4.78 is 16.8. The smallest absolute Gasteiger partial charge is 0.306 e. The number of rotatable bonds is 52. The molecule has 0 rings (SSSR count). The first-order valence-corrected chi connectivity index (χ1v) is 29.1. The monoisotopic (exact) mass is 961 g/mol. The molecular formula is C63H108O6. The Morgan fingerprint density at radius 3 is 0.957 bits per heavy atom. The van der Waals surface area contributed by atoms with Crippen LogP contribution in [0.3, 0.4) is 0 Å². The van der Waals surface area contributed by atoms with Crippen LogP contribution >= 0.6 is 0 Å². The molecular weight excluding hydrogens is 853 g/mol. The zero-order valence-corrected chi connectivity index (χ0v) is 45.3. The molecule has 0 aliphatic rings. The normalized spacial score (nSPS) is 12.7. The van der Waals surface area contributed by atoms with E-state index in [1.165, 1.54) is 148 Å². The summed E-state index contributed by atoms with van der Waals surface area (Å²) in [6.45, 7) is 6.47. The fourth-order valence-corrected chi connectivity index (χ4v) is 8.04. The summed E-state index contributed by atoms with van der Waals surface area (Å²) in [4.78, 5) is 38.2. The van der Waals surface area contributed by atoms with Crippen molar-refractivity contribution in [1.29, 1.82) is 0 Å². The Labute approximate surface area is 426 Å². The minimum Gasteiger partial charge on any atom is -0.462 e. The van der Waals surface area contributed by atoms with E-state index in [9.17, 15) is 14.4 Å². The minimum absolute atomic E-state index is 0.0983. The SMILES string of the molecule is CC/C=C\C/C=C\C/C=C\C/C=C\C/C=C\CCCC(=O)O[C@@H](COC(=O)CCCCCCCCCCC/C=C\C/C=C\CCCCC)COC(=O)CCCCCCCCCCCCCCCCC. The molecule has 6 heteroatoms. The van der Waals surface area contributed by atoms with E-state index >= 15 is 0 Å². The van der Waals surface area contributed by atoms with Gasteiger partial charge in [0.2, 0.25) is 0 Å². The van der Waals surface area contributed by atoms with Crippen molar-refractivity contribution < 1.29 is 28.6 Å². The third-order valence-electron chi connectivity index (χ3n) is 12.4. The zero-order valence-electron chi connectivity index (χ0n) is 45.3. The zero-order chi connectivity index (χ0) is 50.0. The van der Waals surface area contributed by atoms with E-state index in [2.05, 4.69) is 106 Å². The third-order valence-corrected chi connectivity index (χ3v) is 12.4. The van der Waals surface area contributed by atoms with Crippen molar-refractivity contribution in [3.63, 3.8) is 0 Å². The Morgan fingerprint density at radius 2 is 0.580 bits per heavy atom. The van der Waals surface area contributed by atoms with Crippen LogP contribution < -0.4 is 0 Å². The highest BCUT2D eigenvalue weighted by Gasteiger charge is 2.19. The summed E-state index contributed by atoms with van der Waals surface area (Å²) in [6, 6.07) is 0. The first kappa shape index (κ1) is 65.6. The van der Waals surface area contributed by atoms with Crippen molar-refractivity contribution in [2.75, 3.05) is 13.2 Å². The van der Waals surface area contributed by atoms with Gasteiger partial charge in [0.1, 0.15) is 13.2 Å². The summed E-state index contributed by atoms with van der Waals surface area (Å²) >= 11 is 0. The molecule has 0 aromatic carbocycles. The van der Waals surface area contributed by atoms with Gasteiger partial charge in [-0.05, 0) is 89.9 Å². The lowest BCUT2D eigenvalue weighted by Gasteiger charge is -2.18. The Kier molecular flexibility index (Phi) is 54.3. The quantitative estimate of drug-likeness (QED) is 0.0262. The fourth-order valence-electron chi connectivity index (χ4n) is 8.04. The van der Waals surface area contributed by atoms with Gasteiger partial charge in [-0.15, -0.1) is 0 Å². The molecule has 0 bridgehead atoms. The number of carbonyl (C=O) groups is 3. The second-order valence-electron chi connectivity index (χ2n) is 19.2. The first-order valence-electron chi connectivity index (χ1n) is 29.1. The molecule has 0 aromatic heterocycles. The van der Waals surface area contributed by atoms with Crippen molar-refractivity contribution in [3.8, 4) is 0 Å². The maximum atomic E-state index is 12.8. The Hall–Kier alpha value is -3.41. The van der Waals surface area contributed by atoms with Crippen LogP contribution in [0.1, 0.15) is 278 Å². The lowest BCUT2D eigenvalue weighted by atomic mass is 10.0. The largest absolute Gasteiger partial charge is 0.462 e. The van der Waals surface area contributed by atoms with Gasteiger partial charge in [0, 0.05) is 19.3 Å². The summed E-state index contributed by atoms with van der Waals surface area (Å²) in [5.74, 6) is -0.953. The topological polar surface area (TPSA) is 78.9 Å². The van der Waals surface area contributed by atoms with Crippen molar-refractivity contribution in [2.45, 2.75) is 284 Å². The van der Waals surface area contributed by atoms with Gasteiger partial charge in [-0.25, -0.2) is 0 Å². The van der Waals surface area contributed by atoms with Crippen LogP contribution in [-0.2, 0) is 28.6 Å². The van der Waals surface area contributed by atoms with Crippen molar-refractivity contribution in [2.24, 2.45) is 0 Å². The fraction of sp³-hybridized carbons (Fsp3) is 0.730. The molecule has 1 atom stereocenters. The second kappa shape index (κ2) is 57.2. The van der Waals surface area contributed by atoms with Crippen molar-refractivity contribution >= 4 is 17.9 Å². The molecule has 0 aliphatic heterocycles. The first-order chi connectivity index (χ1) is 34.0. The summed E-state index contributed by atoms with van der Waals surface area (Å²) in [7, 11) is 0. The highest BCUT2D eigenvalue weighted by Crippen LogP contribution is 2.16. The maximum absolute atomic E-state index is 12.8. The van der Waals surface area contributed by atoms with Crippen molar-refractivity contribution in [3.05, 3.63) is 85.1 Å². The number of carbonyl (C=O) groups excluding carboxylic acids is 3. The maximum Gasteiger partial charge on any atom is 0.306 e. The van der Waals surface area contributed by atoms with Crippen LogP contribution in [0.2, 0.25) is 0 Å². The molecule has 0 radical (unpaired) electrons. The molecule has 0 saturated carbocycles. The van der Waals surface area contributed by atoms with Gasteiger partial charge in [-0.2, -0.15) is 0 Å². The van der Waals surface area contributed by atoms with E-state index in [0.29, 0.717) is 19.3 Å². The van der Waals surface area contributed by atoms with E-state index in [1.807, 2.05) is 0 Å². The average Bonchev–Trinajstić information content (AvgIpc) is 3.35. The van der Waals surface area contributed by atoms with Crippen LogP contribution in [0.25, 0.3) is 0 Å². The molecule has 0 aromatic rings. The molecule has 396 valence electrons. The highest BCUT2D eigenvalue weighted by molar-refractivity contribution is 5.71. The summed E-state index contributed by atoms with van der Waals surface area (Å²) in [5, 5.41) is 0. The highest BCUT2D eigenvalue weighted by atomic mass is 16.6. The van der Waals surface area contributed by atoms with Gasteiger partial charge >= 0.3 is 17.9 Å². The van der Waals surface area contributed by atoms with Crippen LogP contribution in [0.4, 0.5) is 0 Å². The third kappa shape index (κ3) is 55.4. The molecule has 0 aliphatic carbocycles. The predicted octanol–water partition coefficient (Wildman–Crippen LogP) is 19.5. The van der Waals surface area contributed by atoms with E-state index < -0.39 is 6.10 Å². The van der Waals surface area contributed by atoms with E-state index in [4.69, 9.17) is 14.2 Å². The molecule has 69 heavy (non-hydrogen) atoms. The van der Waals surface area contributed by atoms with Crippen LogP contribution in [0.15, 0.2) is 85.1 Å². The number of ether oxygens (including phenoxy) is 3. The Balaban J connectivity index is 4.45. The molecule has 0 amide bonds. The van der Waals surface area contributed by atoms with E-state index in [0.717, 1.165) is 83.5 Å². The second-order valence-corrected chi connectivity index (χ2v) is 19.2. The summed E-state index contributed by atoms with van der Waals surface area (Å²) in [5.41, 5.74) is 0. The molecule has 6 nitrogen and oxygen atoms in total. The van der Waals surface area contributed by atoms with Crippen LogP contribution in [0.5, 0.6) is 0 Å². The van der Waals surface area contributed by atoms with Gasteiger partial charge in [0.15, 0.2) is 6.10 Å². The van der Waals surface area contributed by atoms with Gasteiger partial charge in [0.05, 0.1) is 0 Å². The van der Waals surface area contributed by atoms with Gasteiger partial charge < -0.3 is 14.2 Å². The van der Waals surface area contributed by atoms with Crippen molar-refractivity contribution in [1.82, 2.24) is 0 Å². The molecule has 0 N–H and O–H groups in total. The van der Waals surface area contributed by atoms with Gasteiger partial charge in [-0.3, -0.25) is 14.4 Å². The van der Waals surface area contributed by atoms with Crippen LogP contribution in [0, 0.1) is 0 Å². The van der Waals surface area contributed by atoms with Crippen LogP contribution in [-0.4, -0.2) is 37.2 Å². The molecule has 0 spiro atoms. The van der Waals surface area contributed by atoms with E-state index in [-0.39, 0.29) is 37.5 Å². The Morgan fingerprint density at radius 1 is 0.304 bits per heavy atom. The molecule has 0 heterocycles. The van der Waals surface area contributed by atoms with E-state index in [1.54, 1.807) is 0 Å². The number of hydrogen-bond donors (Lipinski definition) is 0. The number of unbranched alkanes of at least 4 members (excludes halogenated alkanes) is 27. The molecule has 0 unspecified atom stereocenters.